The maximum absolute atomic E-state index is 10.6. The van der Waals surface area contributed by atoms with Crippen molar-refractivity contribution in [3.63, 3.8) is 0 Å². The van der Waals surface area contributed by atoms with Crippen molar-refractivity contribution in [3.05, 3.63) is 0 Å². The lowest BCUT2D eigenvalue weighted by Crippen LogP contribution is -2.38. The molecule has 0 aromatic heterocycles. The van der Waals surface area contributed by atoms with Gasteiger partial charge in [-0.1, -0.05) is 20.8 Å². The van der Waals surface area contributed by atoms with Gasteiger partial charge in [0, 0.05) is 5.92 Å². The Morgan fingerprint density at radius 3 is 1.90 bits per heavy atom. The number of aliphatic hydroxyl groups excluding tert-OH is 1. The molecule has 0 aromatic carbocycles. The minimum atomic E-state index is -0.141. The molecule has 120 valence electrons. The summed E-state index contributed by atoms with van der Waals surface area (Å²) in [4.78, 5) is 0. The fraction of sp³-hybridized carbons (Fsp3) is 0.947. The zero-order valence-corrected chi connectivity index (χ0v) is 14.1. The topological polar surface area (TPSA) is 44.0 Å². The molecular formula is C19H33NO. The van der Waals surface area contributed by atoms with Gasteiger partial charge in [-0.15, -0.1) is 0 Å². The van der Waals surface area contributed by atoms with Gasteiger partial charge < -0.3 is 5.11 Å². The second kappa shape index (κ2) is 7.14. The van der Waals surface area contributed by atoms with Gasteiger partial charge in [0.05, 0.1) is 12.2 Å². The highest BCUT2D eigenvalue weighted by molar-refractivity contribution is 4.91. The molecule has 0 heterocycles. The molecule has 0 radical (unpaired) electrons. The van der Waals surface area contributed by atoms with E-state index in [4.69, 9.17) is 5.26 Å². The van der Waals surface area contributed by atoms with Crippen molar-refractivity contribution < 1.29 is 5.11 Å². The first-order valence-electron chi connectivity index (χ1n) is 9.05. The zero-order chi connectivity index (χ0) is 15.5. The van der Waals surface area contributed by atoms with Gasteiger partial charge in [-0.3, -0.25) is 0 Å². The lowest BCUT2D eigenvalue weighted by Gasteiger charge is -2.41. The fourth-order valence-electron chi connectivity index (χ4n) is 4.50. The molecule has 0 saturated heterocycles. The van der Waals surface area contributed by atoms with E-state index in [2.05, 4.69) is 26.8 Å². The van der Waals surface area contributed by atoms with E-state index in [9.17, 15) is 5.11 Å². The smallest absolute Gasteiger partial charge is 0.0655 e. The molecule has 2 rings (SSSR count). The van der Waals surface area contributed by atoms with E-state index in [1.807, 2.05) is 0 Å². The third-order valence-electron chi connectivity index (χ3n) is 6.60. The standard InChI is InChI=1S/C19H33NO/c1-4-19(2,3)18(21)17-11-9-16(10-12-17)15-7-5-14(13-20)6-8-15/h14-18,21H,4-12H2,1-3H3. The molecule has 2 nitrogen and oxygen atoms in total. The van der Waals surface area contributed by atoms with Crippen LogP contribution in [0.25, 0.3) is 0 Å². The molecule has 21 heavy (non-hydrogen) atoms. The second-order valence-electron chi connectivity index (χ2n) is 8.20. The number of rotatable bonds is 4. The second-order valence-corrected chi connectivity index (χ2v) is 8.20. The molecular weight excluding hydrogens is 258 g/mol. The van der Waals surface area contributed by atoms with Crippen LogP contribution in [0.1, 0.15) is 78.6 Å². The molecule has 2 heteroatoms. The Balaban J connectivity index is 1.80. The zero-order valence-electron chi connectivity index (χ0n) is 14.1. The highest BCUT2D eigenvalue weighted by Crippen LogP contribution is 2.44. The Bertz CT molecular complexity index is 354. The van der Waals surface area contributed by atoms with Gasteiger partial charge in [0.1, 0.15) is 0 Å². The summed E-state index contributed by atoms with van der Waals surface area (Å²) in [6.07, 6.45) is 10.7. The van der Waals surface area contributed by atoms with Gasteiger partial charge >= 0.3 is 0 Å². The van der Waals surface area contributed by atoms with Crippen LogP contribution in [0.3, 0.4) is 0 Å². The maximum atomic E-state index is 10.6. The van der Waals surface area contributed by atoms with Crippen molar-refractivity contribution in [3.8, 4) is 6.07 Å². The molecule has 1 unspecified atom stereocenters. The molecule has 0 bridgehead atoms. The number of hydrogen-bond acceptors (Lipinski definition) is 2. The molecule has 1 atom stereocenters. The summed E-state index contributed by atoms with van der Waals surface area (Å²) in [5.74, 6) is 2.54. The van der Waals surface area contributed by atoms with E-state index in [0.717, 1.165) is 31.1 Å². The van der Waals surface area contributed by atoms with Gasteiger partial charge in [0.15, 0.2) is 0 Å². The molecule has 2 aliphatic carbocycles. The van der Waals surface area contributed by atoms with Crippen molar-refractivity contribution in [1.29, 1.82) is 5.26 Å². The summed E-state index contributed by atoms with van der Waals surface area (Å²) in [6.45, 7) is 6.59. The predicted octanol–water partition coefficient (Wildman–Crippen LogP) is 4.92. The van der Waals surface area contributed by atoms with Crippen LogP contribution in [-0.4, -0.2) is 11.2 Å². The summed E-state index contributed by atoms with van der Waals surface area (Å²) in [7, 11) is 0. The van der Waals surface area contributed by atoms with Gasteiger partial charge in [-0.2, -0.15) is 5.26 Å². The van der Waals surface area contributed by atoms with E-state index in [0.29, 0.717) is 11.8 Å². The molecule has 0 amide bonds. The number of nitriles is 1. The minimum Gasteiger partial charge on any atom is -0.392 e. The fourth-order valence-corrected chi connectivity index (χ4v) is 4.50. The first-order chi connectivity index (χ1) is 9.97. The Morgan fingerprint density at radius 2 is 1.48 bits per heavy atom. The Labute approximate surface area is 130 Å². The Morgan fingerprint density at radius 1 is 1.00 bits per heavy atom. The molecule has 1 N–H and O–H groups in total. The first kappa shape index (κ1) is 16.8. The Hall–Kier alpha value is -0.550. The van der Waals surface area contributed by atoms with Crippen LogP contribution in [0.2, 0.25) is 0 Å². The summed E-state index contributed by atoms with van der Waals surface area (Å²) in [6, 6.07) is 2.44. The third kappa shape index (κ3) is 4.01. The SMILES string of the molecule is CCC(C)(C)C(O)C1CCC(C2CCC(C#N)CC2)CC1. The quantitative estimate of drug-likeness (QED) is 0.799. The van der Waals surface area contributed by atoms with Crippen LogP contribution in [0.4, 0.5) is 0 Å². The van der Waals surface area contributed by atoms with E-state index in [-0.39, 0.29) is 11.5 Å². The summed E-state index contributed by atoms with van der Waals surface area (Å²) >= 11 is 0. The van der Waals surface area contributed by atoms with E-state index >= 15 is 0 Å². The number of aliphatic hydroxyl groups is 1. The van der Waals surface area contributed by atoms with Crippen LogP contribution in [0, 0.1) is 40.4 Å². The summed E-state index contributed by atoms with van der Waals surface area (Å²) in [5, 5.41) is 19.6. The monoisotopic (exact) mass is 291 g/mol. The normalized spacial score (nSPS) is 36.0. The summed E-state index contributed by atoms with van der Waals surface area (Å²) in [5.41, 5.74) is 0.0579. The van der Waals surface area contributed by atoms with Crippen molar-refractivity contribution in [2.75, 3.05) is 0 Å². The Kier molecular flexibility index (Phi) is 5.72. The van der Waals surface area contributed by atoms with Crippen LogP contribution in [-0.2, 0) is 0 Å². The van der Waals surface area contributed by atoms with Gasteiger partial charge in [-0.05, 0) is 81.0 Å². The molecule has 2 saturated carbocycles. The van der Waals surface area contributed by atoms with Crippen molar-refractivity contribution >= 4 is 0 Å². The predicted molar refractivity (Wildman–Crippen MR) is 86.6 cm³/mol. The summed E-state index contributed by atoms with van der Waals surface area (Å²) < 4.78 is 0. The highest BCUT2D eigenvalue weighted by Gasteiger charge is 2.37. The van der Waals surface area contributed by atoms with Gasteiger partial charge in [0.25, 0.3) is 0 Å². The van der Waals surface area contributed by atoms with E-state index < -0.39 is 0 Å². The van der Waals surface area contributed by atoms with Crippen molar-refractivity contribution in [2.24, 2.45) is 29.1 Å². The molecule has 0 aromatic rings. The molecule has 0 spiro atoms. The average Bonchev–Trinajstić information content (AvgIpc) is 2.54. The first-order valence-corrected chi connectivity index (χ1v) is 9.05. The number of nitrogens with zero attached hydrogens (tertiary/aromatic N) is 1. The van der Waals surface area contributed by atoms with Crippen LogP contribution in [0.15, 0.2) is 0 Å². The van der Waals surface area contributed by atoms with E-state index in [1.165, 1.54) is 38.5 Å². The lowest BCUT2D eigenvalue weighted by atomic mass is 9.66. The van der Waals surface area contributed by atoms with Crippen LogP contribution < -0.4 is 0 Å². The number of hydrogen-bond donors (Lipinski definition) is 1. The highest BCUT2D eigenvalue weighted by atomic mass is 16.3. The molecule has 0 aliphatic heterocycles. The minimum absolute atomic E-state index is 0.0579. The van der Waals surface area contributed by atoms with Gasteiger partial charge in [-0.25, -0.2) is 0 Å². The lowest BCUT2D eigenvalue weighted by molar-refractivity contribution is -0.0234. The van der Waals surface area contributed by atoms with E-state index in [1.54, 1.807) is 0 Å². The van der Waals surface area contributed by atoms with Crippen LogP contribution in [0.5, 0.6) is 0 Å². The van der Waals surface area contributed by atoms with Crippen molar-refractivity contribution in [1.82, 2.24) is 0 Å². The largest absolute Gasteiger partial charge is 0.392 e. The van der Waals surface area contributed by atoms with Gasteiger partial charge in [0.2, 0.25) is 0 Å². The average molecular weight is 291 g/mol. The van der Waals surface area contributed by atoms with Crippen molar-refractivity contribution in [2.45, 2.75) is 84.7 Å². The maximum Gasteiger partial charge on any atom is 0.0655 e. The molecule has 2 fully saturated rings. The third-order valence-corrected chi connectivity index (χ3v) is 6.60. The molecule has 2 aliphatic rings. The van der Waals surface area contributed by atoms with Crippen LogP contribution >= 0.6 is 0 Å².